The van der Waals surface area contributed by atoms with Gasteiger partial charge in [0.25, 0.3) is 0 Å². The molecule has 1 fully saturated rings. The Morgan fingerprint density at radius 2 is 2.27 bits per heavy atom. The number of ketones is 1. The SMILES string of the molecule is Cc1nc(-c2cn(CCC3CC3)nn2)sc1C(=O)CCc1cccnc1. The summed E-state index contributed by atoms with van der Waals surface area (Å²) in [4.78, 5) is 21.9. The highest BCUT2D eigenvalue weighted by atomic mass is 32.1. The first-order chi connectivity index (χ1) is 12.7. The normalized spacial score (nSPS) is 13.9. The van der Waals surface area contributed by atoms with Crippen LogP contribution in [0.25, 0.3) is 10.7 Å². The molecule has 0 unspecified atom stereocenters. The van der Waals surface area contributed by atoms with Gasteiger partial charge in [-0.2, -0.15) is 0 Å². The molecule has 0 amide bonds. The molecule has 0 atom stereocenters. The first kappa shape index (κ1) is 17.0. The van der Waals surface area contributed by atoms with E-state index < -0.39 is 0 Å². The van der Waals surface area contributed by atoms with Crippen molar-refractivity contribution in [3.8, 4) is 10.7 Å². The molecule has 0 spiro atoms. The molecule has 0 N–H and O–H groups in total. The van der Waals surface area contributed by atoms with E-state index in [1.54, 1.807) is 12.4 Å². The van der Waals surface area contributed by atoms with Crippen molar-refractivity contribution in [2.45, 2.75) is 45.6 Å². The number of aryl methyl sites for hydroxylation is 3. The minimum absolute atomic E-state index is 0.122. The molecule has 6 nitrogen and oxygen atoms in total. The van der Waals surface area contributed by atoms with Crippen LogP contribution in [0.5, 0.6) is 0 Å². The number of aromatic nitrogens is 5. The van der Waals surface area contributed by atoms with Crippen molar-refractivity contribution in [1.29, 1.82) is 0 Å². The summed E-state index contributed by atoms with van der Waals surface area (Å²) < 4.78 is 1.88. The molecular weight excluding hydrogens is 346 g/mol. The fraction of sp³-hybridized carbons (Fsp3) is 0.421. The third kappa shape index (κ3) is 4.04. The number of carbonyl (C=O) groups excluding carboxylic acids is 1. The monoisotopic (exact) mass is 367 g/mol. The fourth-order valence-electron chi connectivity index (χ4n) is 2.91. The Morgan fingerprint density at radius 1 is 1.38 bits per heavy atom. The third-order valence-corrected chi connectivity index (χ3v) is 5.86. The van der Waals surface area contributed by atoms with E-state index in [4.69, 9.17) is 0 Å². The number of hydrogen-bond donors (Lipinski definition) is 0. The first-order valence-electron chi connectivity index (χ1n) is 8.99. The van der Waals surface area contributed by atoms with E-state index in [9.17, 15) is 4.79 Å². The van der Waals surface area contributed by atoms with Crippen molar-refractivity contribution < 1.29 is 4.79 Å². The summed E-state index contributed by atoms with van der Waals surface area (Å²) in [5.74, 6) is 0.991. The number of nitrogens with zero attached hydrogens (tertiary/aromatic N) is 5. The molecule has 3 aromatic heterocycles. The maximum Gasteiger partial charge on any atom is 0.175 e. The summed E-state index contributed by atoms with van der Waals surface area (Å²) in [6, 6.07) is 3.88. The Hall–Kier alpha value is -2.41. The van der Waals surface area contributed by atoms with Crippen LogP contribution in [0.2, 0.25) is 0 Å². The third-order valence-electron chi connectivity index (χ3n) is 4.63. The molecule has 1 saturated carbocycles. The van der Waals surface area contributed by atoms with Crippen LogP contribution in [-0.2, 0) is 13.0 Å². The van der Waals surface area contributed by atoms with Gasteiger partial charge in [0.1, 0.15) is 10.7 Å². The van der Waals surface area contributed by atoms with Crippen molar-refractivity contribution in [2.24, 2.45) is 5.92 Å². The zero-order valence-corrected chi connectivity index (χ0v) is 15.6. The lowest BCUT2D eigenvalue weighted by Gasteiger charge is -1.99. The van der Waals surface area contributed by atoms with Gasteiger partial charge in [-0.3, -0.25) is 14.5 Å². The molecule has 26 heavy (non-hydrogen) atoms. The van der Waals surface area contributed by atoms with Crippen LogP contribution < -0.4 is 0 Å². The second-order valence-corrected chi connectivity index (χ2v) is 7.82. The van der Waals surface area contributed by atoms with Gasteiger partial charge in [0.2, 0.25) is 0 Å². The smallest absolute Gasteiger partial charge is 0.175 e. The maximum absolute atomic E-state index is 12.6. The second kappa shape index (κ2) is 7.45. The van der Waals surface area contributed by atoms with Crippen LogP contribution in [0.4, 0.5) is 0 Å². The quantitative estimate of drug-likeness (QED) is 0.567. The van der Waals surface area contributed by atoms with Crippen LogP contribution in [-0.4, -0.2) is 30.7 Å². The van der Waals surface area contributed by atoms with Crippen LogP contribution in [0.3, 0.4) is 0 Å². The molecule has 3 aromatic rings. The molecular formula is C19H21N5OS. The van der Waals surface area contributed by atoms with Crippen molar-refractivity contribution in [1.82, 2.24) is 25.0 Å². The number of hydrogen-bond acceptors (Lipinski definition) is 6. The topological polar surface area (TPSA) is 73.6 Å². The lowest BCUT2D eigenvalue weighted by Crippen LogP contribution is -2.01. The fourth-order valence-corrected chi connectivity index (χ4v) is 3.89. The summed E-state index contributed by atoms with van der Waals surface area (Å²) in [7, 11) is 0. The molecule has 0 aromatic carbocycles. The van der Waals surface area contributed by atoms with Crippen LogP contribution in [0, 0.1) is 12.8 Å². The van der Waals surface area contributed by atoms with E-state index in [2.05, 4.69) is 20.3 Å². The summed E-state index contributed by atoms with van der Waals surface area (Å²) >= 11 is 1.41. The second-order valence-electron chi connectivity index (χ2n) is 6.82. The van der Waals surface area contributed by atoms with Gasteiger partial charge in [-0.05, 0) is 37.3 Å². The molecule has 0 aliphatic heterocycles. The molecule has 134 valence electrons. The number of carbonyl (C=O) groups is 1. The van der Waals surface area contributed by atoms with E-state index in [1.807, 2.05) is 29.9 Å². The molecule has 0 saturated heterocycles. The Bertz CT molecular complexity index is 898. The predicted molar refractivity (Wildman–Crippen MR) is 100 cm³/mol. The Kier molecular flexibility index (Phi) is 4.88. The van der Waals surface area contributed by atoms with Gasteiger partial charge in [0.05, 0.1) is 16.8 Å². The van der Waals surface area contributed by atoms with Gasteiger partial charge in [0, 0.05) is 25.4 Å². The highest BCUT2D eigenvalue weighted by molar-refractivity contribution is 7.17. The van der Waals surface area contributed by atoms with Gasteiger partial charge < -0.3 is 0 Å². The predicted octanol–water partition coefficient (Wildman–Crippen LogP) is 3.72. The Balaban J connectivity index is 1.42. The largest absolute Gasteiger partial charge is 0.293 e. The lowest BCUT2D eigenvalue weighted by atomic mass is 10.1. The number of Topliss-reactive ketones (excluding diaryl/α,β-unsaturated/α-hetero) is 1. The van der Waals surface area contributed by atoms with Crippen molar-refractivity contribution in [2.75, 3.05) is 0 Å². The molecule has 0 radical (unpaired) electrons. The van der Waals surface area contributed by atoms with Gasteiger partial charge in [-0.1, -0.05) is 24.1 Å². The standard InChI is InChI=1S/C19H21N5OS/c1-13-18(17(25)7-6-15-3-2-9-20-11-15)26-19(21-13)16-12-24(23-22-16)10-8-14-4-5-14/h2-3,9,11-12,14H,4-8,10H2,1H3. The molecule has 4 rings (SSSR count). The molecule has 7 heteroatoms. The van der Waals surface area contributed by atoms with Gasteiger partial charge in [0.15, 0.2) is 5.78 Å². The highest BCUT2D eigenvalue weighted by Crippen LogP contribution is 2.33. The van der Waals surface area contributed by atoms with Crippen LogP contribution in [0.1, 0.15) is 46.6 Å². The summed E-state index contributed by atoms with van der Waals surface area (Å²) in [5.41, 5.74) is 2.59. The average molecular weight is 367 g/mol. The summed E-state index contributed by atoms with van der Waals surface area (Å²) in [5, 5.41) is 9.20. The number of thiazole rings is 1. The summed E-state index contributed by atoms with van der Waals surface area (Å²) in [6.07, 6.45) is 10.5. The van der Waals surface area contributed by atoms with E-state index in [-0.39, 0.29) is 5.78 Å². The number of pyridine rings is 1. The Morgan fingerprint density at radius 3 is 3.04 bits per heavy atom. The highest BCUT2D eigenvalue weighted by Gasteiger charge is 2.21. The van der Waals surface area contributed by atoms with Crippen molar-refractivity contribution in [3.63, 3.8) is 0 Å². The van der Waals surface area contributed by atoms with Crippen molar-refractivity contribution in [3.05, 3.63) is 46.9 Å². The number of rotatable bonds is 8. The minimum atomic E-state index is 0.122. The average Bonchev–Trinajstić information content (AvgIpc) is 3.23. The van der Waals surface area contributed by atoms with Gasteiger partial charge in [-0.15, -0.1) is 16.4 Å². The Labute approximate surface area is 156 Å². The maximum atomic E-state index is 12.6. The van der Waals surface area contributed by atoms with Crippen molar-refractivity contribution >= 4 is 17.1 Å². The van der Waals surface area contributed by atoms with Crippen LogP contribution >= 0.6 is 11.3 Å². The molecule has 1 aliphatic carbocycles. The molecule has 0 bridgehead atoms. The molecule has 1 aliphatic rings. The van der Waals surface area contributed by atoms with Gasteiger partial charge in [-0.25, -0.2) is 4.98 Å². The van der Waals surface area contributed by atoms with Crippen LogP contribution in [0.15, 0.2) is 30.7 Å². The van der Waals surface area contributed by atoms with E-state index in [1.165, 1.54) is 24.2 Å². The lowest BCUT2D eigenvalue weighted by molar-refractivity contribution is 0.0986. The van der Waals surface area contributed by atoms with Gasteiger partial charge >= 0.3 is 0 Å². The summed E-state index contributed by atoms with van der Waals surface area (Å²) in [6.45, 7) is 2.79. The van der Waals surface area contributed by atoms with E-state index in [0.717, 1.165) is 45.7 Å². The van der Waals surface area contributed by atoms with E-state index in [0.29, 0.717) is 12.8 Å². The van der Waals surface area contributed by atoms with E-state index >= 15 is 0 Å². The first-order valence-corrected chi connectivity index (χ1v) is 9.81. The molecule has 3 heterocycles. The minimum Gasteiger partial charge on any atom is -0.293 e. The zero-order chi connectivity index (χ0) is 17.9. The zero-order valence-electron chi connectivity index (χ0n) is 14.8.